The number of rotatable bonds is 5. The van der Waals surface area contributed by atoms with Gasteiger partial charge in [-0.05, 0) is 36.8 Å². The van der Waals surface area contributed by atoms with Gasteiger partial charge in [0.1, 0.15) is 11.6 Å². The lowest BCUT2D eigenvalue weighted by atomic mass is 10.1. The monoisotopic (exact) mass is 362 g/mol. The van der Waals surface area contributed by atoms with E-state index in [1.165, 1.54) is 18.2 Å². The molecule has 0 unspecified atom stereocenters. The molecule has 5 nitrogen and oxygen atoms in total. The number of aromatic amines is 1. The van der Waals surface area contributed by atoms with Gasteiger partial charge in [-0.15, -0.1) is 0 Å². The lowest BCUT2D eigenvalue weighted by Gasteiger charge is -2.13. The van der Waals surface area contributed by atoms with E-state index in [0.29, 0.717) is 24.0 Å². The minimum Gasteiger partial charge on any atom is -0.357 e. The van der Waals surface area contributed by atoms with Crippen LogP contribution in [0.2, 0.25) is 0 Å². The van der Waals surface area contributed by atoms with E-state index in [-0.39, 0.29) is 5.43 Å². The van der Waals surface area contributed by atoms with Crippen molar-refractivity contribution in [1.29, 1.82) is 0 Å². The number of aromatic nitrogens is 3. The average molecular weight is 362 g/mol. The summed E-state index contributed by atoms with van der Waals surface area (Å²) in [4.78, 5) is 19.7. The highest BCUT2D eigenvalue weighted by Gasteiger charge is 2.07. The fraction of sp³-hybridized carbons (Fsp3) is 0.143. The summed E-state index contributed by atoms with van der Waals surface area (Å²) in [5.41, 5.74) is 3.41. The Morgan fingerprint density at radius 3 is 2.81 bits per heavy atom. The maximum Gasteiger partial charge on any atom is 0.189 e. The van der Waals surface area contributed by atoms with Crippen LogP contribution in [0.3, 0.4) is 0 Å². The number of nitrogens with zero attached hydrogens (tertiary/aromatic N) is 2. The molecule has 4 rings (SSSR count). The zero-order valence-electron chi connectivity index (χ0n) is 14.9. The number of imidazole rings is 1. The molecule has 0 saturated carbocycles. The van der Waals surface area contributed by atoms with E-state index in [1.54, 1.807) is 12.3 Å². The van der Waals surface area contributed by atoms with Crippen molar-refractivity contribution in [2.45, 2.75) is 20.0 Å². The van der Waals surface area contributed by atoms with E-state index in [9.17, 15) is 9.18 Å². The maximum atomic E-state index is 13.3. The molecule has 0 saturated heterocycles. The summed E-state index contributed by atoms with van der Waals surface area (Å²) in [6.07, 6.45) is 3.72. The van der Waals surface area contributed by atoms with Gasteiger partial charge >= 0.3 is 0 Å². The molecule has 4 aromatic rings. The summed E-state index contributed by atoms with van der Waals surface area (Å²) in [5, 5.41) is 3.73. The maximum absolute atomic E-state index is 13.3. The van der Waals surface area contributed by atoms with E-state index < -0.39 is 5.82 Å². The smallest absolute Gasteiger partial charge is 0.189 e. The van der Waals surface area contributed by atoms with E-state index in [0.717, 1.165) is 22.8 Å². The second kappa shape index (κ2) is 7.17. The van der Waals surface area contributed by atoms with Crippen LogP contribution in [0.1, 0.15) is 17.1 Å². The second-order valence-electron chi connectivity index (χ2n) is 6.43. The number of hydrogen-bond acceptors (Lipinski definition) is 3. The molecule has 6 heteroatoms. The first-order valence-electron chi connectivity index (χ1n) is 8.72. The van der Waals surface area contributed by atoms with Crippen molar-refractivity contribution < 1.29 is 4.39 Å². The number of hydrogen-bond donors (Lipinski definition) is 2. The molecule has 2 aromatic heterocycles. The van der Waals surface area contributed by atoms with Gasteiger partial charge in [-0.2, -0.15) is 0 Å². The molecule has 0 aliphatic rings. The Hall–Kier alpha value is -3.25. The molecule has 0 atom stereocenters. The fourth-order valence-corrected chi connectivity index (χ4v) is 3.23. The van der Waals surface area contributed by atoms with E-state index >= 15 is 0 Å². The molecule has 0 spiro atoms. The minimum absolute atomic E-state index is 0.186. The molecule has 136 valence electrons. The normalized spacial score (nSPS) is 11.2. The lowest BCUT2D eigenvalue weighted by Crippen LogP contribution is -2.17. The number of aryl methyl sites for hydroxylation is 1. The standard InChI is InChI=1S/C21H19FN4O/c1-14-24-8-9-26(14)20-5-3-2-4-15(20)12-23-13-17-11-21(27)18-10-16(22)6-7-19(18)25-17/h2-11,23H,12-13H2,1H3,(H,25,27). The Morgan fingerprint density at radius 2 is 2.00 bits per heavy atom. The van der Waals surface area contributed by atoms with Gasteiger partial charge in [0.2, 0.25) is 0 Å². The molecule has 27 heavy (non-hydrogen) atoms. The highest BCUT2D eigenvalue weighted by atomic mass is 19.1. The Kier molecular flexibility index (Phi) is 4.56. The number of para-hydroxylation sites is 1. The van der Waals surface area contributed by atoms with E-state index in [1.807, 2.05) is 29.8 Å². The summed E-state index contributed by atoms with van der Waals surface area (Å²) in [6, 6.07) is 13.8. The van der Waals surface area contributed by atoms with Crippen molar-refractivity contribution in [2.75, 3.05) is 0 Å². The summed E-state index contributed by atoms with van der Waals surface area (Å²) in [7, 11) is 0. The highest BCUT2D eigenvalue weighted by Crippen LogP contribution is 2.16. The van der Waals surface area contributed by atoms with Crippen molar-refractivity contribution in [2.24, 2.45) is 0 Å². The summed E-state index contributed by atoms with van der Waals surface area (Å²) >= 11 is 0. The van der Waals surface area contributed by atoms with Crippen LogP contribution >= 0.6 is 0 Å². The van der Waals surface area contributed by atoms with E-state index in [4.69, 9.17) is 0 Å². The third kappa shape index (κ3) is 3.52. The van der Waals surface area contributed by atoms with Crippen LogP contribution in [0.25, 0.3) is 16.6 Å². The Labute approximate surface area is 155 Å². The predicted molar refractivity (Wildman–Crippen MR) is 103 cm³/mol. The van der Waals surface area contributed by atoms with Gasteiger partial charge < -0.3 is 14.9 Å². The topological polar surface area (TPSA) is 62.7 Å². The Balaban J connectivity index is 1.53. The molecule has 0 aliphatic carbocycles. The zero-order valence-corrected chi connectivity index (χ0v) is 14.9. The number of H-pyrrole nitrogens is 1. The molecule has 0 aliphatic heterocycles. The molecule has 2 aromatic carbocycles. The molecular formula is C21H19FN4O. The van der Waals surface area contributed by atoms with Crippen LogP contribution in [0, 0.1) is 12.7 Å². The van der Waals surface area contributed by atoms with E-state index in [2.05, 4.69) is 27.4 Å². The van der Waals surface area contributed by atoms with Crippen LogP contribution < -0.4 is 10.7 Å². The number of pyridine rings is 1. The van der Waals surface area contributed by atoms with Gasteiger partial charge in [-0.1, -0.05) is 18.2 Å². The van der Waals surface area contributed by atoms with Crippen LogP contribution in [-0.2, 0) is 13.1 Å². The molecule has 2 N–H and O–H groups in total. The highest BCUT2D eigenvalue weighted by molar-refractivity contribution is 5.78. The van der Waals surface area contributed by atoms with Crippen LogP contribution in [0.4, 0.5) is 4.39 Å². The third-order valence-electron chi connectivity index (χ3n) is 4.56. The van der Waals surface area contributed by atoms with Gasteiger partial charge in [0.25, 0.3) is 0 Å². The zero-order chi connectivity index (χ0) is 18.8. The van der Waals surface area contributed by atoms with Gasteiger partial charge in [0.05, 0.1) is 5.69 Å². The van der Waals surface area contributed by atoms with Crippen molar-refractivity contribution in [3.05, 3.63) is 94.0 Å². The first-order chi connectivity index (χ1) is 13.1. The average Bonchev–Trinajstić information content (AvgIpc) is 3.09. The van der Waals surface area contributed by atoms with Gasteiger partial charge in [0, 0.05) is 48.1 Å². The predicted octanol–water partition coefficient (Wildman–Crippen LogP) is 3.45. The Morgan fingerprint density at radius 1 is 1.15 bits per heavy atom. The molecule has 0 radical (unpaired) electrons. The van der Waals surface area contributed by atoms with Crippen LogP contribution in [0.5, 0.6) is 0 Å². The van der Waals surface area contributed by atoms with Crippen molar-refractivity contribution in [3.8, 4) is 5.69 Å². The van der Waals surface area contributed by atoms with Crippen LogP contribution in [0.15, 0.2) is 65.7 Å². The quantitative estimate of drug-likeness (QED) is 0.572. The molecule has 0 amide bonds. The van der Waals surface area contributed by atoms with Crippen molar-refractivity contribution in [1.82, 2.24) is 19.9 Å². The minimum atomic E-state index is -0.412. The summed E-state index contributed by atoms with van der Waals surface area (Å²) < 4.78 is 15.4. The molecule has 2 heterocycles. The fourth-order valence-electron chi connectivity index (χ4n) is 3.23. The summed E-state index contributed by atoms with van der Waals surface area (Å²) in [6.45, 7) is 3.10. The largest absolute Gasteiger partial charge is 0.357 e. The van der Waals surface area contributed by atoms with Crippen LogP contribution in [-0.4, -0.2) is 14.5 Å². The number of benzene rings is 2. The SMILES string of the molecule is Cc1nccn1-c1ccccc1CNCc1cc(=O)c2cc(F)ccc2[nH]1. The van der Waals surface area contributed by atoms with Gasteiger partial charge in [-0.25, -0.2) is 9.37 Å². The number of fused-ring (bicyclic) bond motifs is 1. The van der Waals surface area contributed by atoms with Gasteiger partial charge in [-0.3, -0.25) is 4.79 Å². The molecular weight excluding hydrogens is 343 g/mol. The van der Waals surface area contributed by atoms with Crippen molar-refractivity contribution in [3.63, 3.8) is 0 Å². The summed E-state index contributed by atoms with van der Waals surface area (Å²) in [5.74, 6) is 0.513. The van der Waals surface area contributed by atoms with Gasteiger partial charge in [0.15, 0.2) is 5.43 Å². The first kappa shape index (κ1) is 17.2. The first-order valence-corrected chi connectivity index (χ1v) is 8.72. The molecule has 0 fully saturated rings. The second-order valence-corrected chi connectivity index (χ2v) is 6.43. The number of halogens is 1. The molecule has 0 bridgehead atoms. The lowest BCUT2D eigenvalue weighted by molar-refractivity contribution is 0.629. The van der Waals surface area contributed by atoms with Crippen molar-refractivity contribution >= 4 is 10.9 Å². The Bertz CT molecular complexity index is 1160. The number of nitrogens with one attached hydrogen (secondary N) is 2. The third-order valence-corrected chi connectivity index (χ3v) is 4.56.